The molecule has 0 aliphatic carbocycles. The first kappa shape index (κ1) is 18.5. The summed E-state index contributed by atoms with van der Waals surface area (Å²) >= 11 is 0. The van der Waals surface area contributed by atoms with Gasteiger partial charge in [-0.2, -0.15) is 0 Å². The first-order valence-corrected chi connectivity index (χ1v) is 8.72. The van der Waals surface area contributed by atoms with Crippen LogP contribution in [0.1, 0.15) is 21.9 Å². The highest BCUT2D eigenvalue weighted by molar-refractivity contribution is 5.91. The smallest absolute Gasteiger partial charge is 0.289 e. The van der Waals surface area contributed by atoms with Crippen LogP contribution in [-0.2, 0) is 6.54 Å². The summed E-state index contributed by atoms with van der Waals surface area (Å²) in [5.41, 5.74) is 0.936. The van der Waals surface area contributed by atoms with Gasteiger partial charge in [-0.15, -0.1) is 0 Å². The molecule has 0 unspecified atom stereocenters. The van der Waals surface area contributed by atoms with Crippen molar-refractivity contribution in [3.05, 3.63) is 88.2 Å². The number of ether oxygens (including phenoxy) is 1. The van der Waals surface area contributed by atoms with Gasteiger partial charge in [0.2, 0.25) is 0 Å². The van der Waals surface area contributed by atoms with Gasteiger partial charge in [0.15, 0.2) is 5.76 Å². The fourth-order valence-electron chi connectivity index (χ4n) is 2.64. The maximum absolute atomic E-state index is 12.5. The summed E-state index contributed by atoms with van der Waals surface area (Å²) in [5, 5.41) is 0. The van der Waals surface area contributed by atoms with Gasteiger partial charge in [0.25, 0.3) is 11.5 Å². The number of furan rings is 1. The molecule has 6 heteroatoms. The van der Waals surface area contributed by atoms with E-state index in [1.54, 1.807) is 42.4 Å². The summed E-state index contributed by atoms with van der Waals surface area (Å²) in [7, 11) is 1.70. The quantitative estimate of drug-likeness (QED) is 0.645. The van der Waals surface area contributed by atoms with Crippen molar-refractivity contribution in [2.75, 3.05) is 20.2 Å². The molecule has 6 nitrogen and oxygen atoms in total. The van der Waals surface area contributed by atoms with Crippen LogP contribution in [0.4, 0.5) is 0 Å². The Balaban J connectivity index is 1.56. The Morgan fingerprint density at radius 1 is 1.11 bits per heavy atom. The monoisotopic (exact) mass is 366 g/mol. The van der Waals surface area contributed by atoms with Crippen LogP contribution in [0.2, 0.25) is 0 Å². The predicted molar refractivity (Wildman–Crippen MR) is 102 cm³/mol. The van der Waals surface area contributed by atoms with E-state index in [1.807, 2.05) is 31.2 Å². The van der Waals surface area contributed by atoms with E-state index in [-0.39, 0.29) is 23.8 Å². The van der Waals surface area contributed by atoms with Crippen LogP contribution in [0.3, 0.4) is 0 Å². The van der Waals surface area contributed by atoms with Gasteiger partial charge in [-0.25, -0.2) is 0 Å². The molecule has 0 fully saturated rings. The first-order valence-electron chi connectivity index (χ1n) is 8.72. The summed E-state index contributed by atoms with van der Waals surface area (Å²) in [6, 6.07) is 16.0. The van der Waals surface area contributed by atoms with Crippen LogP contribution in [0.25, 0.3) is 0 Å². The third kappa shape index (κ3) is 4.67. The largest absolute Gasteiger partial charge is 0.491 e. The Morgan fingerprint density at radius 3 is 2.67 bits per heavy atom. The molecule has 0 aliphatic heterocycles. The Labute approximate surface area is 157 Å². The van der Waals surface area contributed by atoms with Crippen molar-refractivity contribution in [3.8, 4) is 5.75 Å². The number of nitrogens with zero attached hydrogens (tertiary/aromatic N) is 2. The second-order valence-corrected chi connectivity index (χ2v) is 6.27. The molecular weight excluding hydrogens is 344 g/mol. The summed E-state index contributed by atoms with van der Waals surface area (Å²) in [6.45, 7) is 3.08. The molecule has 2 heterocycles. The number of aryl methyl sites for hydroxylation is 1. The number of benzene rings is 1. The van der Waals surface area contributed by atoms with Crippen molar-refractivity contribution in [2.24, 2.45) is 0 Å². The van der Waals surface area contributed by atoms with Crippen molar-refractivity contribution >= 4 is 5.91 Å². The molecule has 27 heavy (non-hydrogen) atoms. The van der Waals surface area contributed by atoms with Crippen LogP contribution in [0.15, 0.2) is 70.0 Å². The lowest BCUT2D eigenvalue weighted by molar-refractivity contribution is 0.0740. The average Bonchev–Trinajstić information content (AvgIpc) is 3.13. The standard InChI is InChI=1S/C21H22N2O4/c1-16-7-3-4-8-18(16)26-14-13-22(2)21(25)19-11-10-17(27-19)15-23-12-6-5-9-20(23)24/h3-12H,13-15H2,1-2H3. The SMILES string of the molecule is Cc1ccccc1OCCN(C)C(=O)c1ccc(Cn2ccccc2=O)o1. The number of para-hydroxylation sites is 1. The molecular formula is C21H22N2O4. The Bertz CT molecular complexity index is 974. The third-order valence-corrected chi connectivity index (χ3v) is 4.22. The molecule has 0 atom stereocenters. The molecule has 0 saturated carbocycles. The minimum atomic E-state index is -0.227. The molecule has 0 N–H and O–H groups in total. The van der Waals surface area contributed by atoms with E-state index in [4.69, 9.17) is 9.15 Å². The van der Waals surface area contributed by atoms with E-state index >= 15 is 0 Å². The van der Waals surface area contributed by atoms with E-state index in [9.17, 15) is 9.59 Å². The van der Waals surface area contributed by atoms with E-state index in [0.717, 1.165) is 11.3 Å². The molecule has 0 spiro atoms. The number of rotatable bonds is 7. The predicted octanol–water partition coefficient (Wildman–Crippen LogP) is 2.95. The molecule has 140 valence electrons. The number of aromatic nitrogens is 1. The molecule has 1 amide bonds. The van der Waals surface area contributed by atoms with Crippen LogP contribution in [0.5, 0.6) is 5.75 Å². The van der Waals surface area contributed by atoms with Gasteiger partial charge in [0.1, 0.15) is 18.1 Å². The highest BCUT2D eigenvalue weighted by atomic mass is 16.5. The topological polar surface area (TPSA) is 64.7 Å². The number of likely N-dealkylation sites (N-methyl/N-ethyl adjacent to an activating group) is 1. The molecule has 3 aromatic rings. The lowest BCUT2D eigenvalue weighted by Gasteiger charge is -2.16. The van der Waals surface area contributed by atoms with Crippen molar-refractivity contribution in [2.45, 2.75) is 13.5 Å². The maximum atomic E-state index is 12.5. The Kier molecular flexibility index (Phi) is 5.76. The van der Waals surface area contributed by atoms with Gasteiger partial charge in [0, 0.05) is 19.3 Å². The van der Waals surface area contributed by atoms with E-state index in [1.165, 1.54) is 10.6 Å². The second kappa shape index (κ2) is 8.40. The molecule has 3 rings (SSSR count). The van der Waals surface area contributed by atoms with Gasteiger partial charge in [-0.3, -0.25) is 9.59 Å². The Morgan fingerprint density at radius 2 is 1.89 bits per heavy atom. The number of pyridine rings is 1. The minimum absolute atomic E-state index is 0.118. The van der Waals surface area contributed by atoms with Gasteiger partial charge >= 0.3 is 0 Å². The van der Waals surface area contributed by atoms with Crippen LogP contribution < -0.4 is 10.3 Å². The minimum Gasteiger partial charge on any atom is -0.491 e. The molecule has 0 radical (unpaired) electrons. The number of carbonyl (C=O) groups is 1. The van der Waals surface area contributed by atoms with Crippen LogP contribution >= 0.6 is 0 Å². The summed E-state index contributed by atoms with van der Waals surface area (Å²) in [4.78, 5) is 25.8. The molecule has 0 saturated heterocycles. The number of carbonyl (C=O) groups excluding carboxylic acids is 1. The molecule has 0 bridgehead atoms. The lowest BCUT2D eigenvalue weighted by Crippen LogP contribution is -2.30. The molecule has 0 aliphatic rings. The van der Waals surface area contributed by atoms with Crippen LogP contribution in [-0.4, -0.2) is 35.6 Å². The van der Waals surface area contributed by atoms with E-state index < -0.39 is 0 Å². The van der Waals surface area contributed by atoms with Crippen molar-refractivity contribution < 1.29 is 13.9 Å². The summed E-state index contributed by atoms with van der Waals surface area (Å²) in [6.07, 6.45) is 1.68. The number of hydrogen-bond donors (Lipinski definition) is 0. The lowest BCUT2D eigenvalue weighted by atomic mass is 10.2. The third-order valence-electron chi connectivity index (χ3n) is 4.22. The van der Waals surface area contributed by atoms with E-state index in [2.05, 4.69) is 0 Å². The second-order valence-electron chi connectivity index (χ2n) is 6.27. The molecule has 2 aromatic heterocycles. The fraction of sp³-hybridized carbons (Fsp3) is 0.238. The van der Waals surface area contributed by atoms with E-state index in [0.29, 0.717) is 18.9 Å². The zero-order chi connectivity index (χ0) is 19.2. The summed E-state index contributed by atoms with van der Waals surface area (Å²) in [5.74, 6) is 1.38. The fourth-order valence-corrected chi connectivity index (χ4v) is 2.64. The zero-order valence-corrected chi connectivity index (χ0v) is 15.4. The first-order chi connectivity index (χ1) is 13.0. The normalized spacial score (nSPS) is 10.6. The highest BCUT2D eigenvalue weighted by Gasteiger charge is 2.16. The number of hydrogen-bond acceptors (Lipinski definition) is 4. The van der Waals surface area contributed by atoms with Crippen molar-refractivity contribution in [3.63, 3.8) is 0 Å². The zero-order valence-electron chi connectivity index (χ0n) is 15.4. The number of amides is 1. The highest BCUT2D eigenvalue weighted by Crippen LogP contribution is 2.16. The van der Waals surface area contributed by atoms with Gasteiger partial charge in [-0.1, -0.05) is 24.3 Å². The van der Waals surface area contributed by atoms with Gasteiger partial charge < -0.3 is 18.6 Å². The summed E-state index contributed by atoms with van der Waals surface area (Å²) < 4.78 is 12.9. The average molecular weight is 366 g/mol. The van der Waals surface area contributed by atoms with Gasteiger partial charge in [-0.05, 0) is 36.8 Å². The van der Waals surface area contributed by atoms with Crippen molar-refractivity contribution in [1.82, 2.24) is 9.47 Å². The molecule has 1 aromatic carbocycles. The van der Waals surface area contributed by atoms with Crippen molar-refractivity contribution in [1.29, 1.82) is 0 Å². The Hall–Kier alpha value is -3.28. The maximum Gasteiger partial charge on any atom is 0.289 e. The van der Waals surface area contributed by atoms with Gasteiger partial charge in [0.05, 0.1) is 13.1 Å². The van der Waals surface area contributed by atoms with Crippen LogP contribution in [0, 0.1) is 6.92 Å².